The summed E-state index contributed by atoms with van der Waals surface area (Å²) < 4.78 is 2.13. The van der Waals surface area contributed by atoms with Gasteiger partial charge in [-0.05, 0) is 37.3 Å². The molecule has 2 aliphatic rings. The summed E-state index contributed by atoms with van der Waals surface area (Å²) in [6.45, 7) is 3.86. The zero-order valence-corrected chi connectivity index (χ0v) is 14.5. The monoisotopic (exact) mass is 339 g/mol. The van der Waals surface area contributed by atoms with Crippen LogP contribution in [0.4, 0.5) is 0 Å². The number of benzene rings is 1. The summed E-state index contributed by atoms with van der Waals surface area (Å²) in [6, 6.07) is 10.6. The molecular weight excluding hydrogens is 314 g/mol. The number of carbonyl (C=O) groups excluding carboxylic acids is 1. The van der Waals surface area contributed by atoms with Crippen LogP contribution in [-0.2, 0) is 24.3 Å². The predicted octanol–water partition coefficient (Wildman–Crippen LogP) is 1.72. The Morgan fingerprint density at radius 2 is 2.04 bits per heavy atom. The van der Waals surface area contributed by atoms with Gasteiger partial charge in [0, 0.05) is 19.5 Å². The molecule has 0 unspecified atom stereocenters. The van der Waals surface area contributed by atoms with Gasteiger partial charge in [-0.15, -0.1) is 10.2 Å². The molecule has 0 bridgehead atoms. The van der Waals surface area contributed by atoms with Gasteiger partial charge in [0.25, 0.3) is 0 Å². The fraction of sp³-hybridized carbons (Fsp3) is 0.526. The minimum Gasteiger partial charge on any atom is -0.348 e. The lowest BCUT2D eigenvalue weighted by molar-refractivity contribution is -0.122. The molecule has 4 rings (SSSR count). The maximum Gasteiger partial charge on any atom is 0.234 e. The van der Waals surface area contributed by atoms with Gasteiger partial charge in [0.2, 0.25) is 5.91 Å². The van der Waals surface area contributed by atoms with E-state index in [2.05, 4.69) is 55.3 Å². The lowest BCUT2D eigenvalue weighted by Crippen LogP contribution is -2.42. The van der Waals surface area contributed by atoms with E-state index in [0.717, 1.165) is 50.5 Å². The average molecular weight is 339 g/mol. The van der Waals surface area contributed by atoms with E-state index >= 15 is 0 Å². The second kappa shape index (κ2) is 7.35. The molecule has 2 aromatic rings. The molecule has 1 aromatic carbocycles. The molecule has 0 saturated carbocycles. The van der Waals surface area contributed by atoms with Gasteiger partial charge >= 0.3 is 0 Å². The maximum atomic E-state index is 12.3. The average Bonchev–Trinajstić information content (AvgIpc) is 3.25. The number of rotatable bonds is 5. The van der Waals surface area contributed by atoms with Gasteiger partial charge in [-0.25, -0.2) is 0 Å². The molecular formula is C19H25N5O. The number of piperidine rings is 1. The van der Waals surface area contributed by atoms with Crippen LogP contribution < -0.4 is 5.32 Å². The molecule has 132 valence electrons. The third-order valence-corrected chi connectivity index (χ3v) is 5.27. The number of nitrogens with one attached hydrogen (secondary N) is 1. The number of hydrogen-bond acceptors (Lipinski definition) is 4. The molecule has 1 amide bonds. The molecule has 1 atom stereocenters. The van der Waals surface area contributed by atoms with Crippen LogP contribution in [0.15, 0.2) is 30.3 Å². The van der Waals surface area contributed by atoms with Crippen LogP contribution in [0.3, 0.4) is 0 Å². The third-order valence-electron chi connectivity index (χ3n) is 5.27. The molecule has 1 aromatic heterocycles. The summed E-state index contributed by atoms with van der Waals surface area (Å²) in [7, 11) is 0. The van der Waals surface area contributed by atoms with Crippen molar-refractivity contribution in [1.29, 1.82) is 0 Å². The van der Waals surface area contributed by atoms with Crippen molar-refractivity contribution in [2.75, 3.05) is 19.6 Å². The highest BCUT2D eigenvalue weighted by Crippen LogP contribution is 2.26. The summed E-state index contributed by atoms with van der Waals surface area (Å²) in [5.41, 5.74) is 1.38. The first-order chi connectivity index (χ1) is 12.3. The smallest absolute Gasteiger partial charge is 0.234 e. The summed E-state index contributed by atoms with van der Waals surface area (Å²) in [5.74, 6) is 2.53. The van der Waals surface area contributed by atoms with Crippen molar-refractivity contribution in [2.24, 2.45) is 0 Å². The van der Waals surface area contributed by atoms with Crippen LogP contribution in [0, 0.1) is 0 Å². The van der Waals surface area contributed by atoms with Crippen LogP contribution >= 0.6 is 0 Å². The Bertz CT molecular complexity index is 727. The largest absolute Gasteiger partial charge is 0.348 e. The van der Waals surface area contributed by atoms with Gasteiger partial charge in [-0.3, -0.25) is 9.69 Å². The number of nitrogens with zero attached hydrogens (tertiary/aromatic N) is 4. The molecule has 0 radical (unpaired) electrons. The summed E-state index contributed by atoms with van der Waals surface area (Å²) in [6.07, 6.45) is 4.47. The zero-order chi connectivity index (χ0) is 17.1. The number of aryl methyl sites for hydroxylation is 1. The van der Waals surface area contributed by atoms with Crippen LogP contribution in [0.2, 0.25) is 0 Å². The van der Waals surface area contributed by atoms with Crippen LogP contribution in [0.1, 0.15) is 42.4 Å². The molecule has 3 heterocycles. The SMILES string of the molecule is O=C(CN1CCC[C@H](c2ccccc2)C1)NCc1nnc2n1CCC2. The van der Waals surface area contributed by atoms with E-state index < -0.39 is 0 Å². The lowest BCUT2D eigenvalue weighted by atomic mass is 9.91. The molecule has 0 spiro atoms. The Morgan fingerprint density at radius 3 is 2.92 bits per heavy atom. The van der Waals surface area contributed by atoms with E-state index in [0.29, 0.717) is 19.0 Å². The second-order valence-electron chi connectivity index (χ2n) is 7.05. The Kier molecular flexibility index (Phi) is 4.78. The van der Waals surface area contributed by atoms with E-state index in [1.54, 1.807) is 0 Å². The van der Waals surface area contributed by atoms with E-state index in [1.807, 2.05) is 0 Å². The van der Waals surface area contributed by atoms with Gasteiger partial charge in [-0.2, -0.15) is 0 Å². The minimum atomic E-state index is 0.0732. The van der Waals surface area contributed by atoms with Crippen LogP contribution in [-0.4, -0.2) is 45.2 Å². The van der Waals surface area contributed by atoms with Gasteiger partial charge < -0.3 is 9.88 Å². The molecule has 25 heavy (non-hydrogen) atoms. The zero-order valence-electron chi connectivity index (χ0n) is 14.5. The van der Waals surface area contributed by atoms with Crippen molar-refractivity contribution < 1.29 is 4.79 Å². The molecule has 1 fully saturated rings. The fourth-order valence-corrected chi connectivity index (χ4v) is 3.97. The van der Waals surface area contributed by atoms with E-state index in [4.69, 9.17) is 0 Å². The number of aromatic nitrogens is 3. The number of amides is 1. The minimum absolute atomic E-state index is 0.0732. The van der Waals surface area contributed by atoms with Crippen LogP contribution in [0.25, 0.3) is 0 Å². The highest BCUT2D eigenvalue weighted by molar-refractivity contribution is 5.77. The molecule has 0 aliphatic carbocycles. The van der Waals surface area contributed by atoms with Crippen molar-refractivity contribution >= 4 is 5.91 Å². The van der Waals surface area contributed by atoms with Crippen molar-refractivity contribution in [3.63, 3.8) is 0 Å². The molecule has 6 heteroatoms. The van der Waals surface area contributed by atoms with E-state index in [9.17, 15) is 4.79 Å². The Labute approximate surface area is 148 Å². The first-order valence-electron chi connectivity index (χ1n) is 9.24. The summed E-state index contributed by atoms with van der Waals surface area (Å²) in [5, 5.41) is 11.4. The quantitative estimate of drug-likeness (QED) is 0.901. The first-order valence-corrected chi connectivity index (χ1v) is 9.24. The third kappa shape index (κ3) is 3.74. The van der Waals surface area contributed by atoms with Crippen molar-refractivity contribution in [2.45, 2.75) is 44.7 Å². The fourth-order valence-electron chi connectivity index (χ4n) is 3.97. The van der Waals surface area contributed by atoms with E-state index in [-0.39, 0.29) is 5.91 Å². The molecule has 2 aliphatic heterocycles. The molecule has 6 nitrogen and oxygen atoms in total. The van der Waals surface area contributed by atoms with Gasteiger partial charge in [0.1, 0.15) is 5.82 Å². The standard InChI is InChI=1S/C19H25N5O/c25-19(20-12-18-22-21-17-9-5-11-24(17)18)14-23-10-4-8-16(13-23)15-6-2-1-3-7-15/h1-3,6-7,16H,4-5,8-14H2,(H,20,25)/t16-/m0/s1. The number of likely N-dealkylation sites (tertiary alicyclic amines) is 1. The van der Waals surface area contributed by atoms with Gasteiger partial charge in [0.05, 0.1) is 13.1 Å². The Hall–Kier alpha value is -2.21. The van der Waals surface area contributed by atoms with Gasteiger partial charge in [0.15, 0.2) is 5.82 Å². The Balaban J connectivity index is 1.28. The number of hydrogen-bond donors (Lipinski definition) is 1. The topological polar surface area (TPSA) is 63.1 Å². The highest BCUT2D eigenvalue weighted by atomic mass is 16.2. The number of fused-ring (bicyclic) bond motifs is 1. The highest BCUT2D eigenvalue weighted by Gasteiger charge is 2.23. The van der Waals surface area contributed by atoms with Crippen molar-refractivity contribution in [1.82, 2.24) is 25.0 Å². The van der Waals surface area contributed by atoms with Crippen molar-refractivity contribution in [3.8, 4) is 0 Å². The summed E-state index contributed by atoms with van der Waals surface area (Å²) >= 11 is 0. The van der Waals surface area contributed by atoms with Gasteiger partial charge in [-0.1, -0.05) is 30.3 Å². The predicted molar refractivity (Wildman–Crippen MR) is 95.0 cm³/mol. The van der Waals surface area contributed by atoms with Crippen LogP contribution in [0.5, 0.6) is 0 Å². The van der Waals surface area contributed by atoms with E-state index in [1.165, 1.54) is 12.0 Å². The normalized spacial score (nSPS) is 20.4. The first kappa shape index (κ1) is 16.3. The lowest BCUT2D eigenvalue weighted by Gasteiger charge is -2.32. The molecule has 1 saturated heterocycles. The Morgan fingerprint density at radius 1 is 1.16 bits per heavy atom. The summed E-state index contributed by atoms with van der Waals surface area (Å²) in [4.78, 5) is 14.6. The molecule has 1 N–H and O–H groups in total. The van der Waals surface area contributed by atoms with Crippen molar-refractivity contribution in [3.05, 3.63) is 47.5 Å². The second-order valence-corrected chi connectivity index (χ2v) is 7.05. The maximum absolute atomic E-state index is 12.3. The number of carbonyl (C=O) groups is 1.